The molecule has 4 aliphatic carbocycles. The summed E-state index contributed by atoms with van der Waals surface area (Å²) >= 11 is 0. The van der Waals surface area contributed by atoms with Crippen LogP contribution < -0.4 is 0 Å². The maximum Gasteiger partial charge on any atom is 0.159 e. The Hall–Kier alpha value is -0.590. The number of carbonyl (C=O) groups is 1. The van der Waals surface area contributed by atoms with Crippen molar-refractivity contribution in [2.75, 3.05) is 0 Å². The second-order valence-electron chi connectivity index (χ2n) is 15.6. The average Bonchev–Trinajstić information content (AvgIpc) is 3.02. The van der Waals surface area contributed by atoms with Crippen LogP contribution in [0.4, 0.5) is 0 Å². The molecule has 194 valence electrons. The zero-order valence-corrected chi connectivity index (χ0v) is 24.6. The van der Waals surface area contributed by atoms with Gasteiger partial charge >= 0.3 is 0 Å². The van der Waals surface area contributed by atoms with Crippen molar-refractivity contribution < 1.29 is 4.79 Å². The van der Waals surface area contributed by atoms with Crippen molar-refractivity contribution in [3.8, 4) is 0 Å². The highest BCUT2D eigenvalue weighted by atomic mass is 16.1. The zero-order chi connectivity index (χ0) is 25.4. The third kappa shape index (κ3) is 3.63. The number of allylic oxidation sites excluding steroid dienone is 2. The van der Waals surface area contributed by atoms with Crippen molar-refractivity contribution >= 4 is 5.78 Å². The van der Waals surface area contributed by atoms with Gasteiger partial charge in [0.2, 0.25) is 0 Å². The summed E-state index contributed by atoms with van der Waals surface area (Å²) in [6, 6.07) is 0. The van der Waals surface area contributed by atoms with Gasteiger partial charge in [0.25, 0.3) is 0 Å². The molecule has 0 aromatic carbocycles. The lowest BCUT2D eigenvalue weighted by molar-refractivity contribution is -0.134. The molecule has 1 unspecified atom stereocenters. The molecule has 0 spiro atoms. The Balaban J connectivity index is 1.68. The lowest BCUT2D eigenvalue weighted by Gasteiger charge is -2.62. The first kappa shape index (κ1) is 26.5. The molecule has 4 aliphatic rings. The largest absolute Gasteiger partial charge is 0.295 e. The minimum absolute atomic E-state index is 0.172. The first-order valence-corrected chi connectivity index (χ1v) is 14.9. The van der Waals surface area contributed by atoms with Crippen LogP contribution in [0.2, 0.25) is 0 Å². The summed E-state index contributed by atoms with van der Waals surface area (Å²) in [4.78, 5) is 13.7. The second kappa shape index (κ2) is 8.48. The van der Waals surface area contributed by atoms with Crippen molar-refractivity contribution in [1.29, 1.82) is 0 Å². The Morgan fingerprint density at radius 2 is 1.62 bits per heavy atom. The number of fused-ring (bicyclic) bond motifs is 5. The predicted molar refractivity (Wildman–Crippen MR) is 145 cm³/mol. The number of hydrogen-bond acceptors (Lipinski definition) is 1. The minimum atomic E-state index is 0.172. The molecule has 0 aromatic rings. The third-order valence-corrected chi connectivity index (χ3v) is 13.5. The van der Waals surface area contributed by atoms with Gasteiger partial charge in [-0.05, 0) is 114 Å². The van der Waals surface area contributed by atoms with Gasteiger partial charge in [-0.15, -0.1) is 0 Å². The number of rotatable bonds is 5. The van der Waals surface area contributed by atoms with Crippen molar-refractivity contribution in [1.82, 2.24) is 0 Å². The van der Waals surface area contributed by atoms with E-state index in [0.717, 1.165) is 36.0 Å². The summed E-state index contributed by atoms with van der Waals surface area (Å²) in [5.41, 5.74) is 2.55. The molecule has 0 aliphatic heterocycles. The van der Waals surface area contributed by atoms with Gasteiger partial charge in [-0.25, -0.2) is 0 Å². The number of hydrogen-bond donors (Lipinski definition) is 0. The molecule has 34 heavy (non-hydrogen) atoms. The number of carbonyl (C=O) groups excluding carboxylic acids is 1. The molecule has 1 heteroatoms. The Bertz CT molecular complexity index is 833. The lowest BCUT2D eigenvalue weighted by Crippen LogP contribution is -2.56. The standard InChI is InChI=1S/C33H56O/c1-20(2)21(3)16-24(6)30(7,8)29-13-15-32(10)26-18-28(34)27-17-22(4)23(5)19-31(27,9)25(26)12-14-33(29,32)11/h18,20-25,27,29H,12-17,19H2,1-11H3/t21-,22+,23-,24+,25?,27-,29+,31+,32-,33+/m0/s1. The van der Waals surface area contributed by atoms with Crippen molar-refractivity contribution in [2.45, 2.75) is 121 Å². The summed E-state index contributed by atoms with van der Waals surface area (Å²) in [5.74, 6) is 5.72. The van der Waals surface area contributed by atoms with E-state index in [0.29, 0.717) is 28.4 Å². The average molecular weight is 469 g/mol. The molecule has 0 heterocycles. The molecule has 10 atom stereocenters. The van der Waals surface area contributed by atoms with Gasteiger partial charge in [0.05, 0.1) is 0 Å². The van der Waals surface area contributed by atoms with Gasteiger partial charge in [0.1, 0.15) is 0 Å². The van der Waals surface area contributed by atoms with E-state index in [4.69, 9.17) is 0 Å². The molecule has 3 saturated carbocycles. The Labute approximate surface area is 212 Å². The van der Waals surface area contributed by atoms with E-state index < -0.39 is 0 Å². The molecular formula is C33H56O. The van der Waals surface area contributed by atoms with Crippen LogP contribution in [0.3, 0.4) is 0 Å². The van der Waals surface area contributed by atoms with Crippen molar-refractivity contribution in [3.63, 3.8) is 0 Å². The molecule has 0 saturated heterocycles. The van der Waals surface area contributed by atoms with Gasteiger partial charge < -0.3 is 0 Å². The first-order valence-electron chi connectivity index (χ1n) is 14.9. The van der Waals surface area contributed by atoms with E-state index in [9.17, 15) is 4.79 Å². The molecule has 3 fully saturated rings. The van der Waals surface area contributed by atoms with Crippen LogP contribution in [0.25, 0.3) is 0 Å². The van der Waals surface area contributed by atoms with Crippen LogP contribution in [-0.4, -0.2) is 5.78 Å². The fourth-order valence-corrected chi connectivity index (χ4v) is 9.94. The molecule has 4 rings (SSSR count). The van der Waals surface area contributed by atoms with Crippen LogP contribution in [0, 0.1) is 69.0 Å². The lowest BCUT2D eigenvalue weighted by atomic mass is 9.41. The van der Waals surface area contributed by atoms with Crippen LogP contribution in [0.5, 0.6) is 0 Å². The molecule has 0 radical (unpaired) electrons. The molecule has 0 bridgehead atoms. The smallest absolute Gasteiger partial charge is 0.159 e. The quantitative estimate of drug-likeness (QED) is 0.393. The molecular weight excluding hydrogens is 412 g/mol. The van der Waals surface area contributed by atoms with E-state index in [1.165, 1.54) is 38.5 Å². The summed E-state index contributed by atoms with van der Waals surface area (Å²) in [5, 5.41) is 0. The van der Waals surface area contributed by atoms with Crippen molar-refractivity contribution in [2.24, 2.45) is 69.0 Å². The first-order chi connectivity index (χ1) is 15.6. The fourth-order valence-electron chi connectivity index (χ4n) is 9.94. The van der Waals surface area contributed by atoms with Crippen LogP contribution in [-0.2, 0) is 4.79 Å². The fraction of sp³-hybridized carbons (Fsp3) is 0.909. The summed E-state index contributed by atoms with van der Waals surface area (Å²) < 4.78 is 0. The highest BCUT2D eigenvalue weighted by Gasteiger charge is 2.66. The molecule has 0 aromatic heterocycles. The highest BCUT2D eigenvalue weighted by molar-refractivity contribution is 5.94. The van der Waals surface area contributed by atoms with E-state index in [2.05, 4.69) is 82.2 Å². The third-order valence-electron chi connectivity index (χ3n) is 13.5. The zero-order valence-electron chi connectivity index (χ0n) is 24.6. The summed E-state index contributed by atoms with van der Waals surface area (Å²) in [6.07, 6.45) is 11.1. The van der Waals surface area contributed by atoms with Gasteiger partial charge in [-0.2, -0.15) is 0 Å². The minimum Gasteiger partial charge on any atom is -0.295 e. The van der Waals surface area contributed by atoms with Crippen molar-refractivity contribution in [3.05, 3.63) is 11.6 Å². The topological polar surface area (TPSA) is 17.1 Å². The van der Waals surface area contributed by atoms with Crippen LogP contribution in [0.1, 0.15) is 121 Å². The SMILES string of the molecule is CC(C)[C@@H](C)C[C@@H](C)C(C)(C)[C@H]1CC[C@@]2(C)C3=CC(=O)[C@@H]4C[C@@H](C)[C@@H](C)C[C@]4(C)C3CC[C@]12C. The Morgan fingerprint density at radius 1 is 0.971 bits per heavy atom. The normalized spacial score (nSPS) is 46.4. The Kier molecular flexibility index (Phi) is 6.60. The molecule has 0 amide bonds. The van der Waals surface area contributed by atoms with Gasteiger partial charge in [0, 0.05) is 5.92 Å². The van der Waals surface area contributed by atoms with Crippen LogP contribution >= 0.6 is 0 Å². The molecule has 1 nitrogen and oxygen atoms in total. The summed E-state index contributed by atoms with van der Waals surface area (Å²) in [6.45, 7) is 27.4. The maximum absolute atomic E-state index is 13.7. The van der Waals surface area contributed by atoms with E-state index in [1.54, 1.807) is 5.57 Å². The maximum atomic E-state index is 13.7. The summed E-state index contributed by atoms with van der Waals surface area (Å²) in [7, 11) is 0. The van der Waals surface area contributed by atoms with E-state index in [1.807, 2.05) is 0 Å². The van der Waals surface area contributed by atoms with Gasteiger partial charge in [-0.1, -0.05) is 81.7 Å². The number of ketones is 1. The predicted octanol–water partition coefficient (Wildman–Crippen LogP) is 9.36. The van der Waals surface area contributed by atoms with Crippen LogP contribution in [0.15, 0.2) is 11.6 Å². The van der Waals surface area contributed by atoms with Gasteiger partial charge in [-0.3, -0.25) is 4.79 Å². The second-order valence-corrected chi connectivity index (χ2v) is 15.6. The highest BCUT2D eigenvalue weighted by Crippen LogP contribution is 2.74. The molecule has 0 N–H and O–H groups in total. The van der Waals surface area contributed by atoms with E-state index in [-0.39, 0.29) is 16.7 Å². The van der Waals surface area contributed by atoms with E-state index >= 15 is 0 Å². The van der Waals surface area contributed by atoms with Gasteiger partial charge in [0.15, 0.2) is 5.78 Å². The Morgan fingerprint density at radius 3 is 2.24 bits per heavy atom. The monoisotopic (exact) mass is 468 g/mol.